The molecule has 2 atom stereocenters. The van der Waals surface area contributed by atoms with Crippen molar-refractivity contribution in [1.29, 1.82) is 0 Å². The van der Waals surface area contributed by atoms with E-state index >= 15 is 0 Å². The molecule has 0 bridgehead atoms. The average Bonchev–Trinajstić information content (AvgIpc) is 2.88. The number of amides is 1. The maximum Gasteiger partial charge on any atom is 0.233 e. The third kappa shape index (κ3) is 2.00. The standard InChI is InChI=1S/C11H18N2OS/c1-7-2-3-8(6-7)13-10(14)11(4-5-11)9(12)15/h7-8H,2-6H2,1H3,(H2,12,15)(H,13,14). The summed E-state index contributed by atoms with van der Waals surface area (Å²) in [6.07, 6.45) is 5.07. The zero-order valence-electron chi connectivity index (χ0n) is 9.08. The number of carbonyl (C=O) groups is 1. The van der Waals surface area contributed by atoms with Crippen LogP contribution in [0.15, 0.2) is 0 Å². The van der Waals surface area contributed by atoms with Crippen LogP contribution < -0.4 is 11.1 Å². The molecule has 2 saturated carbocycles. The quantitative estimate of drug-likeness (QED) is 0.714. The van der Waals surface area contributed by atoms with Crippen molar-refractivity contribution in [1.82, 2.24) is 5.32 Å². The number of rotatable bonds is 3. The zero-order chi connectivity index (χ0) is 11.1. The molecule has 3 nitrogen and oxygen atoms in total. The van der Waals surface area contributed by atoms with Gasteiger partial charge in [-0.15, -0.1) is 0 Å². The van der Waals surface area contributed by atoms with E-state index in [1.54, 1.807) is 0 Å². The van der Waals surface area contributed by atoms with Crippen LogP contribution in [-0.4, -0.2) is 16.9 Å². The van der Waals surface area contributed by atoms with Crippen molar-refractivity contribution in [2.45, 2.75) is 45.1 Å². The van der Waals surface area contributed by atoms with E-state index in [9.17, 15) is 4.79 Å². The van der Waals surface area contributed by atoms with E-state index in [-0.39, 0.29) is 5.91 Å². The predicted octanol–water partition coefficient (Wildman–Crippen LogP) is 1.36. The molecule has 0 heterocycles. The van der Waals surface area contributed by atoms with Gasteiger partial charge in [-0.3, -0.25) is 4.79 Å². The molecule has 0 saturated heterocycles. The molecule has 0 spiro atoms. The SMILES string of the molecule is CC1CCC(NC(=O)C2(C(N)=S)CC2)C1. The fraction of sp³-hybridized carbons (Fsp3) is 0.818. The number of nitrogens with two attached hydrogens (primary N) is 1. The van der Waals surface area contributed by atoms with Gasteiger partial charge >= 0.3 is 0 Å². The summed E-state index contributed by atoms with van der Waals surface area (Å²) in [5.41, 5.74) is 5.12. The van der Waals surface area contributed by atoms with Gasteiger partial charge in [0.25, 0.3) is 0 Å². The van der Waals surface area contributed by atoms with Crippen LogP contribution >= 0.6 is 12.2 Å². The van der Waals surface area contributed by atoms with Crippen LogP contribution in [-0.2, 0) is 4.79 Å². The van der Waals surface area contributed by atoms with Gasteiger partial charge in [-0.1, -0.05) is 19.1 Å². The summed E-state index contributed by atoms with van der Waals surface area (Å²) in [4.78, 5) is 12.3. The van der Waals surface area contributed by atoms with Crippen molar-refractivity contribution in [2.24, 2.45) is 17.1 Å². The fourth-order valence-corrected chi connectivity index (χ4v) is 2.67. The predicted molar refractivity (Wildman–Crippen MR) is 63.4 cm³/mol. The maximum absolute atomic E-state index is 12.0. The van der Waals surface area contributed by atoms with E-state index in [1.165, 1.54) is 6.42 Å². The van der Waals surface area contributed by atoms with Crippen LogP contribution in [0.25, 0.3) is 0 Å². The first-order chi connectivity index (χ1) is 7.04. The third-order valence-electron chi connectivity index (χ3n) is 3.69. The number of hydrogen-bond donors (Lipinski definition) is 2. The first-order valence-electron chi connectivity index (χ1n) is 5.65. The molecule has 0 radical (unpaired) electrons. The molecule has 4 heteroatoms. The zero-order valence-corrected chi connectivity index (χ0v) is 9.90. The Labute approximate surface area is 95.8 Å². The van der Waals surface area contributed by atoms with E-state index in [0.717, 1.165) is 31.6 Å². The minimum Gasteiger partial charge on any atom is -0.392 e. The normalized spacial score (nSPS) is 32.3. The summed E-state index contributed by atoms with van der Waals surface area (Å²) in [5.74, 6) is 0.796. The molecular weight excluding hydrogens is 208 g/mol. The Bertz CT molecular complexity index is 299. The smallest absolute Gasteiger partial charge is 0.233 e. The second-order valence-corrected chi connectivity index (χ2v) is 5.47. The molecule has 2 fully saturated rings. The van der Waals surface area contributed by atoms with Crippen LogP contribution in [0.3, 0.4) is 0 Å². The highest BCUT2D eigenvalue weighted by molar-refractivity contribution is 7.80. The van der Waals surface area contributed by atoms with Crippen LogP contribution in [0.2, 0.25) is 0 Å². The molecular formula is C11H18N2OS. The number of nitrogens with one attached hydrogen (secondary N) is 1. The Balaban J connectivity index is 1.90. The van der Waals surface area contributed by atoms with Crippen LogP contribution in [0.4, 0.5) is 0 Å². The van der Waals surface area contributed by atoms with Gasteiger partial charge in [0.2, 0.25) is 5.91 Å². The van der Waals surface area contributed by atoms with Crippen molar-refractivity contribution < 1.29 is 4.79 Å². The summed E-state index contributed by atoms with van der Waals surface area (Å²) in [6.45, 7) is 2.23. The van der Waals surface area contributed by atoms with Gasteiger partial charge in [-0.05, 0) is 38.0 Å². The second-order valence-electron chi connectivity index (χ2n) is 5.03. The Morgan fingerprint density at radius 1 is 1.47 bits per heavy atom. The van der Waals surface area contributed by atoms with Crippen molar-refractivity contribution >= 4 is 23.1 Å². The van der Waals surface area contributed by atoms with Crippen molar-refractivity contribution in [2.75, 3.05) is 0 Å². The third-order valence-corrected chi connectivity index (χ3v) is 4.08. The molecule has 2 aliphatic carbocycles. The molecule has 15 heavy (non-hydrogen) atoms. The molecule has 1 amide bonds. The molecule has 0 aromatic rings. The van der Waals surface area contributed by atoms with E-state index in [0.29, 0.717) is 11.0 Å². The average molecular weight is 226 g/mol. The summed E-state index contributed by atoms with van der Waals surface area (Å²) >= 11 is 4.95. The van der Waals surface area contributed by atoms with Crippen LogP contribution in [0.1, 0.15) is 39.0 Å². The molecule has 0 aliphatic heterocycles. The second kappa shape index (κ2) is 3.74. The van der Waals surface area contributed by atoms with Crippen LogP contribution in [0, 0.1) is 11.3 Å². The largest absolute Gasteiger partial charge is 0.392 e. The molecule has 2 unspecified atom stereocenters. The lowest BCUT2D eigenvalue weighted by molar-refractivity contribution is -0.124. The van der Waals surface area contributed by atoms with Crippen molar-refractivity contribution in [3.05, 3.63) is 0 Å². The van der Waals surface area contributed by atoms with E-state index in [4.69, 9.17) is 18.0 Å². The summed E-state index contributed by atoms with van der Waals surface area (Å²) in [5, 5.41) is 3.09. The molecule has 3 N–H and O–H groups in total. The van der Waals surface area contributed by atoms with Crippen LogP contribution in [0.5, 0.6) is 0 Å². The van der Waals surface area contributed by atoms with E-state index in [2.05, 4.69) is 12.2 Å². The lowest BCUT2D eigenvalue weighted by atomic mass is 10.1. The Morgan fingerprint density at radius 2 is 2.13 bits per heavy atom. The minimum absolute atomic E-state index is 0.0640. The fourth-order valence-electron chi connectivity index (χ4n) is 2.37. The summed E-state index contributed by atoms with van der Waals surface area (Å²) < 4.78 is 0. The Kier molecular flexibility index (Phi) is 2.71. The molecule has 2 aliphatic rings. The summed E-state index contributed by atoms with van der Waals surface area (Å²) in [7, 11) is 0. The minimum atomic E-state index is -0.485. The Hall–Kier alpha value is -0.640. The van der Waals surface area contributed by atoms with E-state index < -0.39 is 5.41 Å². The monoisotopic (exact) mass is 226 g/mol. The first-order valence-corrected chi connectivity index (χ1v) is 6.06. The molecule has 84 valence electrons. The van der Waals surface area contributed by atoms with Crippen molar-refractivity contribution in [3.8, 4) is 0 Å². The van der Waals surface area contributed by atoms with Gasteiger partial charge in [-0.2, -0.15) is 0 Å². The molecule has 0 aromatic carbocycles. The number of carbonyl (C=O) groups excluding carboxylic acids is 1. The lowest BCUT2D eigenvalue weighted by Gasteiger charge is -2.18. The summed E-state index contributed by atoms with van der Waals surface area (Å²) in [6, 6.07) is 0.347. The van der Waals surface area contributed by atoms with Crippen molar-refractivity contribution in [3.63, 3.8) is 0 Å². The topological polar surface area (TPSA) is 55.1 Å². The van der Waals surface area contributed by atoms with Gasteiger partial charge < -0.3 is 11.1 Å². The number of hydrogen-bond acceptors (Lipinski definition) is 2. The van der Waals surface area contributed by atoms with Gasteiger partial charge in [0, 0.05) is 6.04 Å². The lowest BCUT2D eigenvalue weighted by Crippen LogP contribution is -2.43. The molecule has 0 aromatic heterocycles. The number of thiocarbonyl (C=S) groups is 1. The van der Waals surface area contributed by atoms with Gasteiger partial charge in [0.05, 0.1) is 10.4 Å². The van der Waals surface area contributed by atoms with Gasteiger partial charge in [0.15, 0.2) is 0 Å². The molecule has 2 rings (SSSR count). The first kappa shape index (κ1) is 10.9. The highest BCUT2D eigenvalue weighted by Crippen LogP contribution is 2.46. The highest BCUT2D eigenvalue weighted by Gasteiger charge is 2.53. The van der Waals surface area contributed by atoms with E-state index in [1.807, 2.05) is 0 Å². The van der Waals surface area contributed by atoms with Gasteiger partial charge in [-0.25, -0.2) is 0 Å². The Morgan fingerprint density at radius 3 is 2.53 bits per heavy atom. The van der Waals surface area contributed by atoms with Gasteiger partial charge in [0.1, 0.15) is 0 Å². The highest BCUT2D eigenvalue weighted by atomic mass is 32.1. The maximum atomic E-state index is 12.0.